The zero-order valence-corrected chi connectivity index (χ0v) is 10.4. The van der Waals surface area contributed by atoms with E-state index in [1.54, 1.807) is 7.11 Å². The predicted molar refractivity (Wildman–Crippen MR) is 66.8 cm³/mol. The summed E-state index contributed by atoms with van der Waals surface area (Å²) in [4.78, 5) is 10.8. The molecular formula is C14H13NO4. The van der Waals surface area contributed by atoms with E-state index in [-0.39, 0.29) is 11.3 Å². The molecule has 0 bridgehead atoms. The van der Waals surface area contributed by atoms with Crippen molar-refractivity contribution in [1.82, 2.24) is 5.16 Å². The van der Waals surface area contributed by atoms with Gasteiger partial charge in [-0.25, -0.2) is 4.79 Å². The first-order valence-electron chi connectivity index (χ1n) is 6.01. The maximum Gasteiger partial charge on any atom is 0.358 e. The van der Waals surface area contributed by atoms with Crippen LogP contribution in [0.3, 0.4) is 0 Å². The van der Waals surface area contributed by atoms with Crippen molar-refractivity contribution in [2.24, 2.45) is 0 Å². The van der Waals surface area contributed by atoms with E-state index in [0.717, 1.165) is 24.0 Å². The Labute approximate surface area is 109 Å². The molecule has 98 valence electrons. The third-order valence-corrected chi connectivity index (χ3v) is 3.50. The van der Waals surface area contributed by atoms with Crippen LogP contribution < -0.4 is 0 Å². The molecule has 1 aliphatic rings. The first-order valence-corrected chi connectivity index (χ1v) is 6.01. The molecule has 2 aromatic rings. The molecule has 5 nitrogen and oxygen atoms in total. The number of carboxylic acids is 1. The number of aromatic carboxylic acids is 1. The quantitative estimate of drug-likeness (QED) is 0.913. The average Bonchev–Trinajstić information content (AvgIpc) is 3.07. The van der Waals surface area contributed by atoms with E-state index in [9.17, 15) is 4.79 Å². The summed E-state index contributed by atoms with van der Waals surface area (Å²) in [5.41, 5.74) is 1.63. The second kappa shape index (κ2) is 4.20. The molecule has 0 radical (unpaired) electrons. The van der Waals surface area contributed by atoms with Gasteiger partial charge in [0.2, 0.25) is 0 Å². The molecule has 19 heavy (non-hydrogen) atoms. The highest BCUT2D eigenvalue weighted by atomic mass is 16.5. The van der Waals surface area contributed by atoms with Crippen LogP contribution in [0.1, 0.15) is 28.9 Å². The lowest BCUT2D eigenvalue weighted by Crippen LogP contribution is -2.08. The number of rotatable bonds is 4. The molecule has 1 aromatic heterocycles. The van der Waals surface area contributed by atoms with Gasteiger partial charge in [-0.1, -0.05) is 23.4 Å². The Hall–Kier alpha value is -2.14. The van der Waals surface area contributed by atoms with Crippen molar-refractivity contribution in [3.63, 3.8) is 0 Å². The van der Waals surface area contributed by atoms with E-state index in [2.05, 4.69) is 5.16 Å². The van der Waals surface area contributed by atoms with Gasteiger partial charge in [0.05, 0.1) is 5.60 Å². The third-order valence-electron chi connectivity index (χ3n) is 3.50. The van der Waals surface area contributed by atoms with Crippen molar-refractivity contribution >= 4 is 5.97 Å². The largest absolute Gasteiger partial charge is 0.476 e. The molecule has 1 N–H and O–H groups in total. The van der Waals surface area contributed by atoms with Gasteiger partial charge in [0.1, 0.15) is 0 Å². The zero-order chi connectivity index (χ0) is 13.5. The normalized spacial score (nSPS) is 16.3. The fraction of sp³-hybridized carbons (Fsp3) is 0.286. The smallest absolute Gasteiger partial charge is 0.358 e. The summed E-state index contributed by atoms with van der Waals surface area (Å²) in [5, 5.41) is 12.3. The topological polar surface area (TPSA) is 72.6 Å². The number of ether oxygens (including phenoxy) is 1. The number of carboxylic acid groups (broad SMARTS) is 1. The van der Waals surface area contributed by atoms with Crippen LogP contribution in [0.25, 0.3) is 11.3 Å². The second-order valence-corrected chi connectivity index (χ2v) is 4.66. The molecule has 0 amide bonds. The molecule has 3 rings (SSSR count). The SMILES string of the molecule is COC1(c2cccc(-c3cc(C(=O)O)no3)c2)CC1. The monoisotopic (exact) mass is 259 g/mol. The lowest BCUT2D eigenvalue weighted by atomic mass is 10.0. The summed E-state index contributed by atoms with van der Waals surface area (Å²) in [6.07, 6.45) is 2.01. The van der Waals surface area contributed by atoms with Gasteiger partial charge in [0, 0.05) is 18.7 Å². The third kappa shape index (κ3) is 2.02. The minimum Gasteiger partial charge on any atom is -0.476 e. The van der Waals surface area contributed by atoms with Crippen LogP contribution in [0.15, 0.2) is 34.9 Å². The van der Waals surface area contributed by atoms with Crippen LogP contribution in [-0.4, -0.2) is 23.3 Å². The van der Waals surface area contributed by atoms with E-state index >= 15 is 0 Å². The summed E-state index contributed by atoms with van der Waals surface area (Å²) in [6.45, 7) is 0. The van der Waals surface area contributed by atoms with Crippen LogP contribution in [0, 0.1) is 0 Å². The first kappa shape index (κ1) is 11.9. The Kier molecular flexibility index (Phi) is 2.64. The molecule has 5 heteroatoms. The van der Waals surface area contributed by atoms with Gasteiger partial charge in [-0.05, 0) is 24.5 Å². The molecule has 1 heterocycles. The summed E-state index contributed by atoms with van der Waals surface area (Å²) in [7, 11) is 1.71. The maximum atomic E-state index is 10.8. The highest BCUT2D eigenvalue weighted by Crippen LogP contribution is 2.49. The van der Waals surface area contributed by atoms with Crippen LogP contribution >= 0.6 is 0 Å². The molecule has 0 unspecified atom stereocenters. The fourth-order valence-corrected chi connectivity index (χ4v) is 2.19. The standard InChI is InChI=1S/C14H13NO4/c1-18-14(5-6-14)10-4-2-3-9(7-10)12-8-11(13(16)17)15-19-12/h2-4,7-8H,5-6H2,1H3,(H,16,17). The van der Waals surface area contributed by atoms with Gasteiger partial charge in [-0.3, -0.25) is 0 Å². The molecule has 0 saturated heterocycles. The molecule has 0 atom stereocenters. The maximum absolute atomic E-state index is 10.8. The molecular weight excluding hydrogens is 246 g/mol. The van der Waals surface area contributed by atoms with Gasteiger partial charge < -0.3 is 14.4 Å². The zero-order valence-electron chi connectivity index (χ0n) is 10.4. The Morgan fingerprint density at radius 1 is 1.42 bits per heavy atom. The highest BCUT2D eigenvalue weighted by molar-refractivity contribution is 5.86. The molecule has 1 aliphatic carbocycles. The molecule has 0 spiro atoms. The number of hydrogen-bond acceptors (Lipinski definition) is 4. The lowest BCUT2D eigenvalue weighted by molar-refractivity contribution is 0.0685. The number of methoxy groups -OCH3 is 1. The summed E-state index contributed by atoms with van der Waals surface area (Å²) in [6, 6.07) is 9.17. The number of nitrogens with zero attached hydrogens (tertiary/aromatic N) is 1. The Balaban J connectivity index is 1.96. The van der Waals surface area contributed by atoms with Gasteiger partial charge in [-0.2, -0.15) is 0 Å². The number of carbonyl (C=O) groups is 1. The van der Waals surface area contributed by atoms with Crippen molar-refractivity contribution in [3.05, 3.63) is 41.6 Å². The van der Waals surface area contributed by atoms with E-state index in [0.29, 0.717) is 5.76 Å². The minimum atomic E-state index is -1.10. The molecule has 1 aromatic carbocycles. The molecule has 1 fully saturated rings. The van der Waals surface area contributed by atoms with E-state index in [4.69, 9.17) is 14.4 Å². The van der Waals surface area contributed by atoms with Crippen LogP contribution in [0.2, 0.25) is 0 Å². The van der Waals surface area contributed by atoms with Gasteiger partial charge in [0.25, 0.3) is 0 Å². The van der Waals surface area contributed by atoms with E-state index in [1.165, 1.54) is 6.07 Å². The Morgan fingerprint density at radius 3 is 2.79 bits per heavy atom. The highest BCUT2D eigenvalue weighted by Gasteiger charge is 2.44. The molecule has 0 aliphatic heterocycles. The van der Waals surface area contributed by atoms with Gasteiger partial charge in [-0.15, -0.1) is 0 Å². The number of benzene rings is 1. The Bertz CT molecular complexity index is 628. The van der Waals surface area contributed by atoms with Crippen molar-refractivity contribution in [3.8, 4) is 11.3 Å². The number of aromatic nitrogens is 1. The van der Waals surface area contributed by atoms with Crippen molar-refractivity contribution in [1.29, 1.82) is 0 Å². The summed E-state index contributed by atoms with van der Waals surface area (Å²) >= 11 is 0. The minimum absolute atomic E-state index is 0.0896. The average molecular weight is 259 g/mol. The van der Waals surface area contributed by atoms with E-state index in [1.807, 2.05) is 24.3 Å². The van der Waals surface area contributed by atoms with Crippen molar-refractivity contribution in [2.75, 3.05) is 7.11 Å². The van der Waals surface area contributed by atoms with Crippen LogP contribution in [0.5, 0.6) is 0 Å². The number of hydrogen-bond donors (Lipinski definition) is 1. The summed E-state index contributed by atoms with van der Waals surface area (Å²) in [5.74, 6) is -0.645. The first-order chi connectivity index (χ1) is 9.14. The van der Waals surface area contributed by atoms with E-state index < -0.39 is 5.97 Å². The van der Waals surface area contributed by atoms with Crippen LogP contribution in [-0.2, 0) is 10.3 Å². The fourth-order valence-electron chi connectivity index (χ4n) is 2.19. The van der Waals surface area contributed by atoms with Crippen molar-refractivity contribution in [2.45, 2.75) is 18.4 Å². The summed E-state index contributed by atoms with van der Waals surface area (Å²) < 4.78 is 10.6. The van der Waals surface area contributed by atoms with Crippen LogP contribution in [0.4, 0.5) is 0 Å². The van der Waals surface area contributed by atoms with Gasteiger partial charge >= 0.3 is 5.97 Å². The lowest BCUT2D eigenvalue weighted by Gasteiger charge is -2.14. The predicted octanol–water partition coefficient (Wildman–Crippen LogP) is 2.68. The Morgan fingerprint density at radius 2 is 2.21 bits per heavy atom. The molecule has 1 saturated carbocycles. The van der Waals surface area contributed by atoms with Gasteiger partial charge in [0.15, 0.2) is 11.5 Å². The second-order valence-electron chi connectivity index (χ2n) is 4.66. The van der Waals surface area contributed by atoms with Crippen molar-refractivity contribution < 1.29 is 19.2 Å².